The normalized spacial score (nSPS) is 12.1. The van der Waals surface area contributed by atoms with Crippen LogP contribution in [0.4, 0.5) is 5.69 Å². The summed E-state index contributed by atoms with van der Waals surface area (Å²) in [5.41, 5.74) is 2.58. The Labute approximate surface area is 191 Å². The van der Waals surface area contributed by atoms with E-state index < -0.39 is 16.1 Å². The number of hydrogen-bond donors (Lipinski definition) is 1. The van der Waals surface area contributed by atoms with E-state index in [4.69, 9.17) is 0 Å². The first kappa shape index (κ1) is 25.4. The average Bonchev–Trinajstić information content (AvgIpc) is 2.74. The lowest BCUT2D eigenvalue weighted by Crippen LogP contribution is -2.47. The van der Waals surface area contributed by atoms with Gasteiger partial charge >= 0.3 is 0 Å². The van der Waals surface area contributed by atoms with Gasteiger partial charge in [-0.2, -0.15) is 0 Å². The minimum absolute atomic E-state index is 0.133. The van der Waals surface area contributed by atoms with E-state index in [1.807, 2.05) is 44.2 Å². The van der Waals surface area contributed by atoms with Gasteiger partial charge in [0.15, 0.2) is 0 Å². The highest BCUT2D eigenvalue weighted by Crippen LogP contribution is 2.18. The Morgan fingerprint density at radius 3 is 2.34 bits per heavy atom. The predicted molar refractivity (Wildman–Crippen MR) is 128 cm³/mol. The monoisotopic (exact) mass is 459 g/mol. The third-order valence-electron chi connectivity index (χ3n) is 5.15. The molecule has 0 aliphatic rings. The van der Waals surface area contributed by atoms with Crippen LogP contribution < -0.4 is 9.62 Å². The molecule has 8 heteroatoms. The fraction of sp³-hybridized carbons (Fsp3) is 0.417. The summed E-state index contributed by atoms with van der Waals surface area (Å²) >= 11 is 0. The fourth-order valence-electron chi connectivity index (χ4n) is 3.51. The molecule has 2 aromatic carbocycles. The lowest BCUT2D eigenvalue weighted by Gasteiger charge is -2.29. The molecule has 174 valence electrons. The third-order valence-corrected chi connectivity index (χ3v) is 6.34. The summed E-state index contributed by atoms with van der Waals surface area (Å²) in [7, 11) is -3.48. The zero-order chi connectivity index (χ0) is 23.7. The molecule has 7 nitrogen and oxygen atoms in total. The largest absolute Gasteiger partial charge is 0.355 e. The van der Waals surface area contributed by atoms with E-state index in [0.717, 1.165) is 17.4 Å². The SMILES string of the molecule is CCNC(=O)[C@@H](C)N(Cc1cccc(C)c1)C(=O)CCCN(c1ccccc1)S(C)(=O)=O. The highest BCUT2D eigenvalue weighted by molar-refractivity contribution is 7.92. The number of amides is 2. The number of anilines is 1. The summed E-state index contributed by atoms with van der Waals surface area (Å²) in [6, 6.07) is 16.0. The first-order chi connectivity index (χ1) is 15.1. The Bertz CT molecular complexity index is 1010. The second kappa shape index (κ2) is 11.7. The van der Waals surface area contributed by atoms with Gasteiger partial charge in [-0.3, -0.25) is 13.9 Å². The van der Waals surface area contributed by atoms with E-state index in [9.17, 15) is 18.0 Å². The van der Waals surface area contributed by atoms with Crippen LogP contribution in [0.15, 0.2) is 54.6 Å². The zero-order valence-corrected chi connectivity index (χ0v) is 20.1. The maximum absolute atomic E-state index is 13.1. The van der Waals surface area contributed by atoms with Crippen LogP contribution in [0.25, 0.3) is 0 Å². The number of sulfonamides is 1. The minimum atomic E-state index is -3.48. The number of aryl methyl sites for hydroxylation is 1. The molecule has 0 bridgehead atoms. The summed E-state index contributed by atoms with van der Waals surface area (Å²) in [6.45, 7) is 6.50. The van der Waals surface area contributed by atoms with Crippen molar-refractivity contribution < 1.29 is 18.0 Å². The van der Waals surface area contributed by atoms with Crippen LogP contribution in [0.2, 0.25) is 0 Å². The molecule has 2 rings (SSSR count). The maximum Gasteiger partial charge on any atom is 0.242 e. The number of nitrogens with one attached hydrogen (secondary N) is 1. The van der Waals surface area contributed by atoms with E-state index >= 15 is 0 Å². The van der Waals surface area contributed by atoms with Gasteiger partial charge in [0.25, 0.3) is 0 Å². The first-order valence-electron chi connectivity index (χ1n) is 10.8. The van der Waals surface area contributed by atoms with Crippen molar-refractivity contribution in [3.05, 3.63) is 65.7 Å². The van der Waals surface area contributed by atoms with Gasteiger partial charge in [0.1, 0.15) is 6.04 Å². The van der Waals surface area contributed by atoms with Gasteiger partial charge in [0.2, 0.25) is 21.8 Å². The van der Waals surface area contributed by atoms with Crippen molar-refractivity contribution in [1.29, 1.82) is 0 Å². The van der Waals surface area contributed by atoms with Crippen LogP contribution in [0.3, 0.4) is 0 Å². The van der Waals surface area contributed by atoms with Crippen molar-refractivity contribution in [2.45, 2.75) is 46.2 Å². The molecule has 1 atom stereocenters. The number of rotatable bonds is 11. The number of hydrogen-bond acceptors (Lipinski definition) is 4. The van der Waals surface area contributed by atoms with E-state index in [1.165, 1.54) is 4.31 Å². The molecule has 0 saturated heterocycles. The minimum Gasteiger partial charge on any atom is -0.355 e. The van der Waals surface area contributed by atoms with Crippen LogP contribution in [0.1, 0.15) is 37.8 Å². The summed E-state index contributed by atoms with van der Waals surface area (Å²) in [6.07, 6.45) is 1.63. The predicted octanol–water partition coefficient (Wildman–Crippen LogP) is 3.09. The van der Waals surface area contributed by atoms with Crippen molar-refractivity contribution in [3.8, 4) is 0 Å². The molecular formula is C24H33N3O4S. The van der Waals surface area contributed by atoms with Gasteiger partial charge in [-0.1, -0.05) is 48.0 Å². The summed E-state index contributed by atoms with van der Waals surface area (Å²) in [5, 5.41) is 2.77. The lowest BCUT2D eigenvalue weighted by molar-refractivity contribution is -0.140. The van der Waals surface area contributed by atoms with E-state index in [2.05, 4.69) is 5.32 Å². The topological polar surface area (TPSA) is 86.8 Å². The molecule has 0 saturated carbocycles. The Morgan fingerprint density at radius 2 is 1.75 bits per heavy atom. The van der Waals surface area contributed by atoms with Crippen LogP contribution in [-0.4, -0.2) is 50.5 Å². The summed E-state index contributed by atoms with van der Waals surface area (Å²) in [4.78, 5) is 27.1. The van der Waals surface area contributed by atoms with E-state index in [0.29, 0.717) is 25.2 Å². The smallest absolute Gasteiger partial charge is 0.242 e. The van der Waals surface area contributed by atoms with E-state index in [1.54, 1.807) is 36.1 Å². The van der Waals surface area contributed by atoms with Gasteiger partial charge in [-0.25, -0.2) is 8.42 Å². The average molecular weight is 460 g/mol. The Morgan fingerprint density at radius 1 is 1.06 bits per heavy atom. The van der Waals surface area contributed by atoms with Crippen LogP contribution in [-0.2, 0) is 26.2 Å². The van der Waals surface area contributed by atoms with Gasteiger partial charge in [-0.05, 0) is 44.9 Å². The molecule has 2 amide bonds. The van der Waals surface area contributed by atoms with Gasteiger partial charge in [-0.15, -0.1) is 0 Å². The number of benzene rings is 2. The molecule has 0 fully saturated rings. The van der Waals surface area contributed by atoms with Crippen molar-refractivity contribution in [2.24, 2.45) is 0 Å². The van der Waals surface area contributed by atoms with Crippen molar-refractivity contribution in [2.75, 3.05) is 23.7 Å². The quantitative estimate of drug-likeness (QED) is 0.559. The molecule has 0 aromatic heterocycles. The Hall–Kier alpha value is -2.87. The second-order valence-corrected chi connectivity index (χ2v) is 9.76. The van der Waals surface area contributed by atoms with Crippen LogP contribution in [0, 0.1) is 6.92 Å². The standard InChI is InChI=1S/C24H33N3O4S/c1-5-25-24(29)20(3)26(18-21-12-9-11-19(2)17-21)23(28)15-10-16-27(32(4,30)31)22-13-7-6-8-14-22/h6-9,11-14,17,20H,5,10,15-16,18H2,1-4H3,(H,25,29)/t20-/m1/s1. The number of nitrogens with zero attached hydrogens (tertiary/aromatic N) is 2. The Kier molecular flexibility index (Phi) is 9.26. The summed E-state index contributed by atoms with van der Waals surface area (Å²) < 4.78 is 25.8. The maximum atomic E-state index is 13.1. The van der Waals surface area contributed by atoms with Gasteiger partial charge in [0, 0.05) is 26.1 Å². The van der Waals surface area contributed by atoms with Crippen molar-refractivity contribution in [1.82, 2.24) is 10.2 Å². The van der Waals surface area contributed by atoms with Crippen molar-refractivity contribution in [3.63, 3.8) is 0 Å². The molecule has 2 aromatic rings. The summed E-state index contributed by atoms with van der Waals surface area (Å²) in [5.74, 6) is -0.401. The molecular weight excluding hydrogens is 426 g/mol. The number of carbonyl (C=O) groups excluding carboxylic acids is 2. The molecule has 1 N–H and O–H groups in total. The molecule has 0 aliphatic heterocycles. The van der Waals surface area contributed by atoms with Crippen LogP contribution in [0.5, 0.6) is 0 Å². The molecule has 0 unspecified atom stereocenters. The zero-order valence-electron chi connectivity index (χ0n) is 19.2. The van der Waals surface area contributed by atoms with Gasteiger partial charge in [0.05, 0.1) is 11.9 Å². The highest BCUT2D eigenvalue weighted by atomic mass is 32.2. The van der Waals surface area contributed by atoms with E-state index in [-0.39, 0.29) is 24.8 Å². The van der Waals surface area contributed by atoms with Crippen molar-refractivity contribution >= 4 is 27.5 Å². The molecule has 0 heterocycles. The molecule has 32 heavy (non-hydrogen) atoms. The highest BCUT2D eigenvalue weighted by Gasteiger charge is 2.26. The van der Waals surface area contributed by atoms with Crippen LogP contribution >= 0.6 is 0 Å². The molecule has 0 aliphatic carbocycles. The first-order valence-corrected chi connectivity index (χ1v) is 12.6. The lowest BCUT2D eigenvalue weighted by atomic mass is 10.1. The number of carbonyl (C=O) groups is 2. The fourth-order valence-corrected chi connectivity index (χ4v) is 4.48. The number of likely N-dealkylation sites (N-methyl/N-ethyl adjacent to an activating group) is 1. The Balaban J connectivity index is 2.13. The number of para-hydroxylation sites is 1. The van der Waals surface area contributed by atoms with Gasteiger partial charge < -0.3 is 10.2 Å². The molecule has 0 spiro atoms. The second-order valence-electron chi connectivity index (χ2n) is 7.86. The molecule has 0 radical (unpaired) electrons. The third kappa shape index (κ3) is 7.37.